The van der Waals surface area contributed by atoms with Crippen LogP contribution >= 0.6 is 0 Å². The van der Waals surface area contributed by atoms with Crippen LogP contribution in [0.1, 0.15) is 48.6 Å². The number of carbonyl (C=O) groups excluding carboxylic acids is 1. The first kappa shape index (κ1) is 11.8. The summed E-state index contributed by atoms with van der Waals surface area (Å²) in [7, 11) is 0. The van der Waals surface area contributed by atoms with Crippen molar-refractivity contribution in [3.63, 3.8) is 0 Å². The summed E-state index contributed by atoms with van der Waals surface area (Å²) in [6.07, 6.45) is 7.45. The zero-order valence-electron chi connectivity index (χ0n) is 10.5. The Labute approximate surface area is 107 Å². The van der Waals surface area contributed by atoms with Crippen molar-refractivity contribution in [2.24, 2.45) is 5.92 Å². The van der Waals surface area contributed by atoms with Crippen molar-refractivity contribution in [3.8, 4) is 0 Å². The van der Waals surface area contributed by atoms with Gasteiger partial charge in [-0.3, -0.25) is 4.79 Å². The summed E-state index contributed by atoms with van der Waals surface area (Å²) >= 11 is 0. The van der Waals surface area contributed by atoms with Gasteiger partial charge < -0.3 is 15.0 Å². The van der Waals surface area contributed by atoms with E-state index in [0.717, 1.165) is 25.0 Å². The number of nitrogens with zero attached hydrogens (tertiary/aromatic N) is 1. The van der Waals surface area contributed by atoms with E-state index in [1.165, 1.54) is 12.8 Å². The van der Waals surface area contributed by atoms with Gasteiger partial charge in [-0.1, -0.05) is 6.42 Å². The Morgan fingerprint density at radius 3 is 2.94 bits per heavy atom. The van der Waals surface area contributed by atoms with Gasteiger partial charge in [0, 0.05) is 30.8 Å². The van der Waals surface area contributed by atoms with Crippen molar-refractivity contribution >= 4 is 5.91 Å². The van der Waals surface area contributed by atoms with Gasteiger partial charge in [-0.2, -0.15) is 0 Å². The van der Waals surface area contributed by atoms with Crippen LogP contribution in [0.3, 0.4) is 0 Å². The van der Waals surface area contributed by atoms with Crippen LogP contribution in [0.2, 0.25) is 0 Å². The molecule has 1 heterocycles. The Bertz CT molecular complexity index is 437. The van der Waals surface area contributed by atoms with Crippen molar-refractivity contribution in [2.45, 2.75) is 44.2 Å². The molecule has 98 valence electrons. The third kappa shape index (κ3) is 2.17. The molecule has 1 aromatic heterocycles. The van der Waals surface area contributed by atoms with Crippen molar-refractivity contribution in [2.75, 3.05) is 6.61 Å². The lowest BCUT2D eigenvalue weighted by atomic mass is 10.1. The Hall–Kier alpha value is -1.29. The second-order valence-corrected chi connectivity index (χ2v) is 5.49. The highest BCUT2D eigenvalue weighted by Gasteiger charge is 2.30. The Kier molecular flexibility index (Phi) is 3.12. The van der Waals surface area contributed by atoms with Gasteiger partial charge in [0.05, 0.1) is 0 Å². The zero-order valence-corrected chi connectivity index (χ0v) is 10.5. The third-order valence-electron chi connectivity index (χ3n) is 4.16. The van der Waals surface area contributed by atoms with Gasteiger partial charge in [0.25, 0.3) is 5.91 Å². The molecule has 2 aliphatic carbocycles. The molecule has 1 aromatic rings. The van der Waals surface area contributed by atoms with E-state index in [1.54, 1.807) is 0 Å². The van der Waals surface area contributed by atoms with Crippen LogP contribution in [0, 0.1) is 5.92 Å². The normalized spacial score (nSPS) is 27.4. The SMILES string of the molecule is O=C(NC1CCCC1CO)c1cccn1C1CC1. The molecule has 2 N–H and O–H groups in total. The predicted molar refractivity (Wildman–Crippen MR) is 68.4 cm³/mol. The molecule has 3 rings (SSSR count). The number of aromatic nitrogens is 1. The minimum absolute atomic E-state index is 0.0113. The zero-order chi connectivity index (χ0) is 12.5. The van der Waals surface area contributed by atoms with Gasteiger partial charge in [0.15, 0.2) is 0 Å². The summed E-state index contributed by atoms with van der Waals surface area (Å²) in [5.74, 6) is 0.246. The summed E-state index contributed by atoms with van der Waals surface area (Å²) in [4.78, 5) is 12.3. The second-order valence-electron chi connectivity index (χ2n) is 5.49. The maximum atomic E-state index is 12.3. The maximum Gasteiger partial charge on any atom is 0.268 e. The molecule has 4 nitrogen and oxygen atoms in total. The molecule has 0 aromatic carbocycles. The van der Waals surface area contributed by atoms with Crippen LogP contribution in [-0.4, -0.2) is 28.2 Å². The van der Waals surface area contributed by atoms with Gasteiger partial charge in [-0.15, -0.1) is 0 Å². The monoisotopic (exact) mass is 248 g/mol. The second kappa shape index (κ2) is 4.76. The smallest absolute Gasteiger partial charge is 0.268 e. The average Bonchev–Trinajstić information content (AvgIpc) is 2.93. The van der Waals surface area contributed by atoms with Crippen LogP contribution in [-0.2, 0) is 0 Å². The first-order valence-electron chi connectivity index (χ1n) is 6.88. The Balaban J connectivity index is 1.68. The molecule has 1 amide bonds. The fourth-order valence-corrected chi connectivity index (χ4v) is 2.95. The highest BCUT2D eigenvalue weighted by atomic mass is 16.3. The van der Waals surface area contributed by atoms with Gasteiger partial charge >= 0.3 is 0 Å². The molecule has 0 aliphatic heterocycles. The van der Waals surface area contributed by atoms with E-state index in [1.807, 2.05) is 18.3 Å². The van der Waals surface area contributed by atoms with Crippen molar-refractivity contribution in [1.82, 2.24) is 9.88 Å². The number of amides is 1. The number of rotatable bonds is 4. The lowest BCUT2D eigenvalue weighted by Gasteiger charge is -2.19. The lowest BCUT2D eigenvalue weighted by Crippen LogP contribution is -2.39. The Morgan fingerprint density at radius 1 is 1.39 bits per heavy atom. The molecule has 2 aliphatic rings. The van der Waals surface area contributed by atoms with Gasteiger partial charge in [-0.25, -0.2) is 0 Å². The van der Waals surface area contributed by atoms with E-state index in [4.69, 9.17) is 0 Å². The first-order valence-corrected chi connectivity index (χ1v) is 6.88. The summed E-state index contributed by atoms with van der Waals surface area (Å²) in [5, 5.41) is 12.4. The largest absolute Gasteiger partial charge is 0.396 e. The highest BCUT2D eigenvalue weighted by molar-refractivity contribution is 5.93. The van der Waals surface area contributed by atoms with Crippen LogP contribution in [0.5, 0.6) is 0 Å². The molecule has 2 unspecified atom stereocenters. The summed E-state index contributed by atoms with van der Waals surface area (Å²) in [5.41, 5.74) is 0.765. The quantitative estimate of drug-likeness (QED) is 0.852. The van der Waals surface area contributed by atoms with Gasteiger partial charge in [0.2, 0.25) is 0 Å². The maximum absolute atomic E-state index is 12.3. The molecule has 2 saturated carbocycles. The molecular formula is C14H20N2O2. The van der Waals surface area contributed by atoms with Crippen LogP contribution in [0.25, 0.3) is 0 Å². The van der Waals surface area contributed by atoms with Gasteiger partial charge in [-0.05, 0) is 37.8 Å². The molecule has 4 heteroatoms. The van der Waals surface area contributed by atoms with Crippen LogP contribution < -0.4 is 5.32 Å². The molecule has 0 radical (unpaired) electrons. The Morgan fingerprint density at radius 2 is 2.22 bits per heavy atom. The summed E-state index contributed by atoms with van der Waals surface area (Å²) in [6, 6.07) is 4.49. The number of aliphatic hydroxyl groups is 1. The summed E-state index contributed by atoms with van der Waals surface area (Å²) in [6.45, 7) is 0.175. The third-order valence-corrected chi connectivity index (χ3v) is 4.16. The number of hydrogen-bond donors (Lipinski definition) is 2. The summed E-state index contributed by atoms with van der Waals surface area (Å²) < 4.78 is 2.08. The molecule has 0 bridgehead atoms. The van der Waals surface area contributed by atoms with E-state index < -0.39 is 0 Å². The molecular weight excluding hydrogens is 228 g/mol. The molecule has 0 saturated heterocycles. The van der Waals surface area contributed by atoms with Crippen molar-refractivity contribution in [3.05, 3.63) is 24.0 Å². The topological polar surface area (TPSA) is 54.3 Å². The predicted octanol–water partition coefficient (Wildman–Crippen LogP) is 1.71. The average molecular weight is 248 g/mol. The van der Waals surface area contributed by atoms with E-state index >= 15 is 0 Å². The van der Waals surface area contributed by atoms with Crippen molar-refractivity contribution in [1.29, 1.82) is 0 Å². The lowest BCUT2D eigenvalue weighted by molar-refractivity contribution is 0.0906. The number of carbonyl (C=O) groups is 1. The van der Waals surface area contributed by atoms with Gasteiger partial charge in [0.1, 0.15) is 5.69 Å². The molecule has 18 heavy (non-hydrogen) atoms. The first-order chi connectivity index (χ1) is 8.79. The van der Waals surface area contributed by atoms with Crippen LogP contribution in [0.4, 0.5) is 0 Å². The number of nitrogens with one attached hydrogen (secondary N) is 1. The van der Waals surface area contributed by atoms with E-state index in [2.05, 4.69) is 9.88 Å². The minimum Gasteiger partial charge on any atom is -0.396 e. The molecule has 0 spiro atoms. The van der Waals surface area contributed by atoms with Crippen LogP contribution in [0.15, 0.2) is 18.3 Å². The highest BCUT2D eigenvalue weighted by Crippen LogP contribution is 2.36. The van der Waals surface area contributed by atoms with Crippen molar-refractivity contribution < 1.29 is 9.90 Å². The standard InChI is InChI=1S/C14H20N2O2/c17-9-10-3-1-4-12(10)15-14(18)13-5-2-8-16(13)11-6-7-11/h2,5,8,10-12,17H,1,3-4,6-7,9H2,(H,15,18). The molecule has 2 atom stereocenters. The number of aliphatic hydroxyl groups excluding tert-OH is 1. The molecule has 2 fully saturated rings. The van der Waals surface area contributed by atoms with E-state index in [-0.39, 0.29) is 24.5 Å². The van der Waals surface area contributed by atoms with E-state index in [0.29, 0.717) is 6.04 Å². The fraction of sp³-hybridized carbons (Fsp3) is 0.643. The number of hydrogen-bond acceptors (Lipinski definition) is 2. The van der Waals surface area contributed by atoms with E-state index in [9.17, 15) is 9.90 Å². The fourth-order valence-electron chi connectivity index (χ4n) is 2.95. The minimum atomic E-state index is 0.0113.